The molecule has 0 amide bonds. The number of hydrogen-bond acceptors (Lipinski definition) is 5. The minimum Gasteiger partial charge on any atom is -0.375 e. The highest BCUT2D eigenvalue weighted by Crippen LogP contribution is 2.17. The van der Waals surface area contributed by atoms with Crippen molar-refractivity contribution >= 4 is 5.95 Å². The lowest BCUT2D eigenvalue weighted by Crippen LogP contribution is -2.48. The first-order valence-corrected chi connectivity index (χ1v) is 6.51. The van der Waals surface area contributed by atoms with Gasteiger partial charge in [0.1, 0.15) is 0 Å². The molecule has 0 aliphatic carbocycles. The van der Waals surface area contributed by atoms with Crippen molar-refractivity contribution in [1.82, 2.24) is 9.97 Å². The Hall–Kier alpha value is -1.20. The second-order valence-corrected chi connectivity index (χ2v) is 5.22. The Balaban J connectivity index is 2.08. The van der Waals surface area contributed by atoms with Crippen LogP contribution < -0.4 is 10.6 Å². The van der Waals surface area contributed by atoms with Crippen LogP contribution in [0.4, 0.5) is 5.95 Å². The van der Waals surface area contributed by atoms with Gasteiger partial charge in [0.05, 0.1) is 18.8 Å². The van der Waals surface area contributed by atoms with Crippen LogP contribution in [0.15, 0.2) is 12.4 Å². The Morgan fingerprint density at radius 2 is 2.11 bits per heavy atom. The van der Waals surface area contributed by atoms with Crippen LogP contribution in [-0.2, 0) is 11.2 Å². The van der Waals surface area contributed by atoms with Crippen molar-refractivity contribution < 1.29 is 4.74 Å². The van der Waals surface area contributed by atoms with Crippen molar-refractivity contribution in [2.45, 2.75) is 45.4 Å². The molecule has 5 heteroatoms. The molecular weight excluding hydrogens is 228 g/mol. The van der Waals surface area contributed by atoms with E-state index in [1.165, 1.54) is 0 Å². The van der Waals surface area contributed by atoms with Gasteiger partial charge in [-0.1, -0.05) is 0 Å². The summed E-state index contributed by atoms with van der Waals surface area (Å²) in [6.45, 7) is 7.76. The molecule has 2 N–H and O–H groups in total. The van der Waals surface area contributed by atoms with Crippen molar-refractivity contribution in [3.05, 3.63) is 18.0 Å². The van der Waals surface area contributed by atoms with Gasteiger partial charge in [-0.3, -0.25) is 0 Å². The van der Waals surface area contributed by atoms with E-state index in [0.29, 0.717) is 6.04 Å². The quantitative estimate of drug-likeness (QED) is 0.866. The molecule has 1 aromatic heterocycles. The van der Waals surface area contributed by atoms with Gasteiger partial charge in [-0.2, -0.15) is 0 Å². The van der Waals surface area contributed by atoms with Crippen LogP contribution in [0.25, 0.3) is 0 Å². The first-order valence-electron chi connectivity index (χ1n) is 6.51. The lowest BCUT2D eigenvalue weighted by atomic mass is 10.1. The van der Waals surface area contributed by atoms with E-state index in [0.717, 1.165) is 31.1 Å². The van der Waals surface area contributed by atoms with Gasteiger partial charge < -0.3 is 15.4 Å². The first-order chi connectivity index (χ1) is 8.56. The molecule has 5 nitrogen and oxygen atoms in total. The summed E-state index contributed by atoms with van der Waals surface area (Å²) in [6, 6.07) is 0.460. The van der Waals surface area contributed by atoms with Crippen molar-refractivity contribution in [3.63, 3.8) is 0 Å². The van der Waals surface area contributed by atoms with Gasteiger partial charge in [0.2, 0.25) is 5.95 Å². The molecule has 2 rings (SSSR count). The lowest BCUT2D eigenvalue weighted by Gasteiger charge is -2.36. The van der Waals surface area contributed by atoms with E-state index in [4.69, 9.17) is 10.5 Å². The van der Waals surface area contributed by atoms with E-state index in [-0.39, 0.29) is 12.1 Å². The highest BCUT2D eigenvalue weighted by atomic mass is 16.5. The highest BCUT2D eigenvalue weighted by Gasteiger charge is 2.25. The number of rotatable bonds is 3. The van der Waals surface area contributed by atoms with E-state index >= 15 is 0 Å². The third kappa shape index (κ3) is 3.17. The third-order valence-corrected chi connectivity index (χ3v) is 3.11. The maximum atomic E-state index is 5.76. The lowest BCUT2D eigenvalue weighted by molar-refractivity contribution is 0.0337. The van der Waals surface area contributed by atoms with E-state index in [1.54, 1.807) is 0 Å². The molecule has 0 bridgehead atoms. The van der Waals surface area contributed by atoms with Crippen LogP contribution in [0, 0.1) is 0 Å². The van der Waals surface area contributed by atoms with Crippen LogP contribution in [0.3, 0.4) is 0 Å². The molecule has 2 heterocycles. The molecule has 1 aliphatic rings. The zero-order valence-electron chi connectivity index (χ0n) is 11.3. The number of hydrogen-bond donors (Lipinski definition) is 1. The number of aromatic nitrogens is 2. The second-order valence-electron chi connectivity index (χ2n) is 5.22. The fraction of sp³-hybridized carbons (Fsp3) is 0.692. The Bertz CT molecular complexity index is 379. The summed E-state index contributed by atoms with van der Waals surface area (Å²) in [7, 11) is 0. The molecule has 18 heavy (non-hydrogen) atoms. The Morgan fingerprint density at radius 3 is 2.72 bits per heavy atom. The Labute approximate surface area is 108 Å². The summed E-state index contributed by atoms with van der Waals surface area (Å²) in [6.07, 6.45) is 4.79. The normalized spacial score (nSPS) is 26.1. The maximum absolute atomic E-state index is 5.76. The Morgan fingerprint density at radius 1 is 1.44 bits per heavy atom. The molecule has 1 fully saturated rings. The molecule has 0 saturated carbocycles. The van der Waals surface area contributed by atoms with Crippen LogP contribution in [-0.4, -0.2) is 41.3 Å². The zero-order valence-corrected chi connectivity index (χ0v) is 11.3. The minimum absolute atomic E-state index is 0.141. The fourth-order valence-corrected chi connectivity index (χ4v) is 2.16. The van der Waals surface area contributed by atoms with E-state index in [1.807, 2.05) is 19.3 Å². The molecular formula is C13H22N4O. The van der Waals surface area contributed by atoms with Gasteiger partial charge in [0.25, 0.3) is 0 Å². The minimum atomic E-state index is 0.141. The monoisotopic (exact) mass is 250 g/mol. The molecule has 1 aromatic rings. The molecule has 0 radical (unpaired) electrons. The largest absolute Gasteiger partial charge is 0.375 e. The van der Waals surface area contributed by atoms with E-state index in [2.05, 4.69) is 28.7 Å². The van der Waals surface area contributed by atoms with Gasteiger partial charge in [-0.25, -0.2) is 9.97 Å². The number of anilines is 1. The summed E-state index contributed by atoms with van der Waals surface area (Å²) in [5, 5.41) is 0. The van der Waals surface area contributed by atoms with Gasteiger partial charge in [-0.15, -0.1) is 0 Å². The van der Waals surface area contributed by atoms with Crippen LogP contribution in [0.1, 0.15) is 26.3 Å². The van der Waals surface area contributed by atoms with Gasteiger partial charge in [0.15, 0.2) is 0 Å². The smallest absolute Gasteiger partial charge is 0.225 e. The van der Waals surface area contributed by atoms with Gasteiger partial charge >= 0.3 is 0 Å². The van der Waals surface area contributed by atoms with E-state index in [9.17, 15) is 0 Å². The number of morpholine rings is 1. The van der Waals surface area contributed by atoms with Crippen LogP contribution in [0.2, 0.25) is 0 Å². The summed E-state index contributed by atoms with van der Waals surface area (Å²) in [5.74, 6) is 0.783. The van der Waals surface area contributed by atoms with Crippen LogP contribution in [0.5, 0.6) is 0 Å². The SMILES string of the molecule is CC(N)Cc1cnc(N2CC(C)OCC2C)nc1. The predicted molar refractivity (Wildman–Crippen MR) is 71.6 cm³/mol. The average molecular weight is 250 g/mol. The fourth-order valence-electron chi connectivity index (χ4n) is 2.16. The average Bonchev–Trinajstić information content (AvgIpc) is 2.33. The standard InChI is InChI=1S/C13H22N4O/c1-9(14)4-12-5-15-13(16-6-12)17-7-11(3)18-8-10(17)2/h5-6,9-11H,4,7-8,14H2,1-3H3. The third-order valence-electron chi connectivity index (χ3n) is 3.11. The molecule has 0 aromatic carbocycles. The maximum Gasteiger partial charge on any atom is 0.225 e. The van der Waals surface area contributed by atoms with Gasteiger partial charge in [-0.05, 0) is 32.8 Å². The molecule has 100 valence electrons. The second kappa shape index (κ2) is 5.63. The number of nitrogens with zero attached hydrogens (tertiary/aromatic N) is 3. The summed E-state index contributed by atoms with van der Waals surface area (Å²) in [4.78, 5) is 11.1. The number of nitrogens with two attached hydrogens (primary N) is 1. The summed E-state index contributed by atoms with van der Waals surface area (Å²) >= 11 is 0. The zero-order chi connectivity index (χ0) is 13.1. The molecule has 0 spiro atoms. The summed E-state index contributed by atoms with van der Waals surface area (Å²) in [5.41, 5.74) is 6.85. The van der Waals surface area contributed by atoms with Crippen molar-refractivity contribution in [2.75, 3.05) is 18.1 Å². The number of ether oxygens (including phenoxy) is 1. The van der Waals surface area contributed by atoms with Crippen molar-refractivity contribution in [3.8, 4) is 0 Å². The molecule has 3 atom stereocenters. The van der Waals surface area contributed by atoms with E-state index < -0.39 is 0 Å². The molecule has 1 aliphatic heterocycles. The highest BCUT2D eigenvalue weighted by molar-refractivity contribution is 5.32. The Kier molecular flexibility index (Phi) is 4.14. The first kappa shape index (κ1) is 13.2. The van der Waals surface area contributed by atoms with Crippen molar-refractivity contribution in [1.29, 1.82) is 0 Å². The van der Waals surface area contributed by atoms with Gasteiger partial charge in [0, 0.05) is 25.0 Å². The summed E-state index contributed by atoms with van der Waals surface area (Å²) < 4.78 is 5.60. The predicted octanol–water partition coefficient (Wildman–Crippen LogP) is 0.980. The topological polar surface area (TPSA) is 64.3 Å². The molecule has 3 unspecified atom stereocenters. The van der Waals surface area contributed by atoms with Crippen LogP contribution >= 0.6 is 0 Å². The van der Waals surface area contributed by atoms with Crippen molar-refractivity contribution in [2.24, 2.45) is 5.73 Å². The molecule has 1 saturated heterocycles.